The smallest absolute Gasteiger partial charge is 0.274 e. The summed E-state index contributed by atoms with van der Waals surface area (Å²) in [6.45, 7) is 1.59. The lowest BCUT2D eigenvalue weighted by atomic mass is 10.1. The van der Waals surface area contributed by atoms with Crippen molar-refractivity contribution >= 4 is 33.0 Å². The number of benzene rings is 3. The molecule has 8 nitrogen and oxygen atoms in total. The quantitative estimate of drug-likeness (QED) is 0.452. The lowest BCUT2D eigenvalue weighted by molar-refractivity contribution is -0.385. The van der Waals surface area contributed by atoms with Gasteiger partial charge in [0, 0.05) is 28.6 Å². The first-order valence-corrected chi connectivity index (χ1v) is 10.1. The SMILES string of the molecule is Cc1ccc(NC(=O)c2ccc(S(=O)(=O)Nc3ccc(F)cc3)cc2)cc1[N+](=O)[O-]. The van der Waals surface area contributed by atoms with Gasteiger partial charge in [0.15, 0.2) is 0 Å². The standard InChI is InChI=1S/C20H16FN3O5S/c1-13-2-7-17(12-19(13)24(26)27)22-20(25)14-3-10-18(11-4-14)30(28,29)23-16-8-5-15(21)6-9-16/h2-12,23H,1H3,(H,22,25). The van der Waals surface area contributed by atoms with Gasteiger partial charge in [0.1, 0.15) is 5.82 Å². The zero-order valence-corrected chi connectivity index (χ0v) is 16.4. The lowest BCUT2D eigenvalue weighted by Crippen LogP contribution is -2.15. The Kier molecular flexibility index (Phi) is 5.79. The summed E-state index contributed by atoms with van der Waals surface area (Å²) in [6, 6.07) is 14.3. The van der Waals surface area contributed by atoms with Crippen LogP contribution in [0.5, 0.6) is 0 Å². The molecule has 0 aliphatic heterocycles. The van der Waals surface area contributed by atoms with Gasteiger partial charge in [-0.15, -0.1) is 0 Å². The molecule has 0 bridgehead atoms. The first kappa shape index (κ1) is 20.9. The van der Waals surface area contributed by atoms with Crippen LogP contribution in [-0.2, 0) is 10.0 Å². The van der Waals surface area contributed by atoms with Crippen molar-refractivity contribution in [3.05, 3.63) is 93.8 Å². The number of carbonyl (C=O) groups excluding carboxylic acids is 1. The summed E-state index contributed by atoms with van der Waals surface area (Å²) in [5.74, 6) is -1.05. The molecule has 0 fully saturated rings. The fourth-order valence-corrected chi connectivity index (χ4v) is 3.66. The highest BCUT2D eigenvalue weighted by Gasteiger charge is 2.16. The van der Waals surface area contributed by atoms with Crippen LogP contribution in [0.15, 0.2) is 71.6 Å². The van der Waals surface area contributed by atoms with E-state index >= 15 is 0 Å². The van der Waals surface area contributed by atoms with Crippen molar-refractivity contribution in [2.75, 3.05) is 10.0 Å². The van der Waals surface area contributed by atoms with E-state index in [-0.39, 0.29) is 27.5 Å². The molecule has 0 radical (unpaired) electrons. The maximum Gasteiger partial charge on any atom is 0.274 e. The maximum absolute atomic E-state index is 13.0. The monoisotopic (exact) mass is 429 g/mol. The van der Waals surface area contributed by atoms with Gasteiger partial charge in [-0.3, -0.25) is 19.6 Å². The summed E-state index contributed by atoms with van der Waals surface area (Å²) in [6.07, 6.45) is 0. The van der Waals surface area contributed by atoms with E-state index in [4.69, 9.17) is 0 Å². The van der Waals surface area contributed by atoms with Crippen molar-refractivity contribution in [1.29, 1.82) is 0 Å². The Morgan fingerprint density at radius 1 is 0.967 bits per heavy atom. The van der Waals surface area contributed by atoms with E-state index in [1.54, 1.807) is 6.92 Å². The van der Waals surface area contributed by atoms with Gasteiger partial charge >= 0.3 is 0 Å². The number of nitrogens with one attached hydrogen (secondary N) is 2. The molecule has 0 saturated carbocycles. The number of nitrogens with zero attached hydrogens (tertiary/aromatic N) is 1. The van der Waals surface area contributed by atoms with Crippen molar-refractivity contribution in [3.63, 3.8) is 0 Å². The topological polar surface area (TPSA) is 118 Å². The van der Waals surface area contributed by atoms with Crippen LogP contribution >= 0.6 is 0 Å². The first-order chi connectivity index (χ1) is 14.2. The van der Waals surface area contributed by atoms with E-state index in [0.717, 1.165) is 12.1 Å². The predicted octanol–water partition coefficient (Wildman–Crippen LogP) is 4.10. The Labute approximate surface area is 171 Å². The van der Waals surface area contributed by atoms with Gasteiger partial charge in [-0.1, -0.05) is 6.07 Å². The largest absolute Gasteiger partial charge is 0.322 e. The first-order valence-electron chi connectivity index (χ1n) is 8.60. The molecular weight excluding hydrogens is 413 g/mol. The molecule has 0 aromatic heterocycles. The molecule has 10 heteroatoms. The number of anilines is 2. The number of hydrogen-bond acceptors (Lipinski definition) is 5. The van der Waals surface area contributed by atoms with E-state index in [0.29, 0.717) is 5.56 Å². The third kappa shape index (κ3) is 4.78. The van der Waals surface area contributed by atoms with Crippen LogP contribution in [0.4, 0.5) is 21.5 Å². The molecule has 154 valence electrons. The zero-order valence-electron chi connectivity index (χ0n) is 15.6. The second-order valence-electron chi connectivity index (χ2n) is 6.35. The maximum atomic E-state index is 13.0. The molecule has 1 amide bonds. The van der Waals surface area contributed by atoms with Gasteiger partial charge in [0.05, 0.1) is 9.82 Å². The molecule has 0 heterocycles. The normalized spacial score (nSPS) is 11.0. The fourth-order valence-electron chi connectivity index (χ4n) is 2.60. The lowest BCUT2D eigenvalue weighted by Gasteiger charge is -2.09. The van der Waals surface area contributed by atoms with E-state index in [1.807, 2.05) is 0 Å². The molecule has 0 atom stereocenters. The van der Waals surface area contributed by atoms with E-state index in [9.17, 15) is 27.7 Å². The molecule has 3 aromatic rings. The number of sulfonamides is 1. The second-order valence-corrected chi connectivity index (χ2v) is 8.03. The van der Waals surface area contributed by atoms with Gasteiger partial charge in [-0.2, -0.15) is 0 Å². The minimum Gasteiger partial charge on any atom is -0.322 e. The van der Waals surface area contributed by atoms with Crippen LogP contribution in [-0.4, -0.2) is 19.2 Å². The number of halogens is 1. The summed E-state index contributed by atoms with van der Waals surface area (Å²) in [5, 5.41) is 13.6. The van der Waals surface area contributed by atoms with E-state index in [1.165, 1.54) is 54.6 Å². The predicted molar refractivity (Wildman–Crippen MR) is 109 cm³/mol. The third-order valence-corrected chi connectivity index (χ3v) is 5.58. The highest BCUT2D eigenvalue weighted by Crippen LogP contribution is 2.23. The summed E-state index contributed by atoms with van der Waals surface area (Å²) in [5.41, 5.74) is 0.937. The molecule has 3 aromatic carbocycles. The van der Waals surface area contributed by atoms with Crippen LogP contribution in [0.3, 0.4) is 0 Å². The number of hydrogen-bond donors (Lipinski definition) is 2. The molecule has 30 heavy (non-hydrogen) atoms. The Balaban J connectivity index is 1.74. The van der Waals surface area contributed by atoms with Crippen molar-refractivity contribution in [2.45, 2.75) is 11.8 Å². The highest BCUT2D eigenvalue weighted by atomic mass is 32.2. The van der Waals surface area contributed by atoms with Crippen molar-refractivity contribution in [1.82, 2.24) is 0 Å². The van der Waals surface area contributed by atoms with Gasteiger partial charge in [0.2, 0.25) is 0 Å². The van der Waals surface area contributed by atoms with Crippen molar-refractivity contribution in [2.24, 2.45) is 0 Å². The van der Waals surface area contributed by atoms with Gasteiger partial charge in [0.25, 0.3) is 21.6 Å². The minimum atomic E-state index is -3.93. The average molecular weight is 429 g/mol. The number of nitro groups is 1. The number of carbonyl (C=O) groups is 1. The highest BCUT2D eigenvalue weighted by molar-refractivity contribution is 7.92. The number of aryl methyl sites for hydroxylation is 1. The van der Waals surface area contributed by atoms with Crippen LogP contribution in [0.25, 0.3) is 0 Å². The molecule has 0 spiro atoms. The molecule has 3 rings (SSSR count). The Hall–Kier alpha value is -3.79. The Morgan fingerprint density at radius 3 is 2.17 bits per heavy atom. The second kappa shape index (κ2) is 8.29. The van der Waals surface area contributed by atoms with Gasteiger partial charge < -0.3 is 5.32 Å². The molecule has 0 aliphatic rings. The summed E-state index contributed by atoms with van der Waals surface area (Å²) < 4.78 is 40.1. The molecule has 0 unspecified atom stereocenters. The van der Waals surface area contributed by atoms with Gasteiger partial charge in [-0.25, -0.2) is 12.8 Å². The summed E-state index contributed by atoms with van der Waals surface area (Å²) in [7, 11) is -3.93. The third-order valence-electron chi connectivity index (χ3n) is 4.19. The van der Waals surface area contributed by atoms with E-state index in [2.05, 4.69) is 10.0 Å². The van der Waals surface area contributed by atoms with Gasteiger partial charge in [-0.05, 0) is 61.5 Å². The zero-order chi connectivity index (χ0) is 21.9. The fraction of sp³-hybridized carbons (Fsp3) is 0.0500. The van der Waals surface area contributed by atoms with Crippen LogP contribution in [0.2, 0.25) is 0 Å². The summed E-state index contributed by atoms with van der Waals surface area (Å²) in [4.78, 5) is 22.8. The number of nitro benzene ring substituents is 1. The number of rotatable bonds is 6. The van der Waals surface area contributed by atoms with Crippen molar-refractivity contribution < 1.29 is 22.5 Å². The molecular formula is C20H16FN3O5S. The van der Waals surface area contributed by atoms with Crippen LogP contribution in [0.1, 0.15) is 15.9 Å². The van der Waals surface area contributed by atoms with Crippen LogP contribution in [0, 0.1) is 22.9 Å². The Bertz CT molecular complexity index is 1210. The van der Waals surface area contributed by atoms with E-state index < -0.39 is 26.7 Å². The summed E-state index contributed by atoms with van der Waals surface area (Å²) >= 11 is 0. The van der Waals surface area contributed by atoms with Crippen molar-refractivity contribution in [3.8, 4) is 0 Å². The Morgan fingerprint density at radius 2 is 1.57 bits per heavy atom. The van der Waals surface area contributed by atoms with Crippen LogP contribution < -0.4 is 10.0 Å². The average Bonchev–Trinajstić information content (AvgIpc) is 2.71. The molecule has 2 N–H and O–H groups in total. The molecule has 0 aliphatic carbocycles. The minimum absolute atomic E-state index is 0.0886. The molecule has 0 saturated heterocycles. The number of amides is 1.